The molecule has 5 rings (SSSR count). The van der Waals surface area contributed by atoms with Crippen molar-refractivity contribution in [3.63, 3.8) is 0 Å². The van der Waals surface area contributed by atoms with Gasteiger partial charge >= 0.3 is 0 Å². The lowest BCUT2D eigenvalue weighted by molar-refractivity contribution is -0.115. The number of amides is 1. The average Bonchev–Trinajstić information content (AvgIpc) is 2.87. The molecule has 1 amide bonds. The van der Waals surface area contributed by atoms with Gasteiger partial charge in [-0.3, -0.25) is 4.79 Å². The van der Waals surface area contributed by atoms with Crippen LogP contribution in [0.1, 0.15) is 41.3 Å². The minimum absolute atomic E-state index is 0.0254. The number of benzene rings is 2. The second-order valence-corrected chi connectivity index (χ2v) is 9.21. The van der Waals surface area contributed by atoms with E-state index >= 15 is 0 Å². The van der Waals surface area contributed by atoms with Crippen LogP contribution in [-0.2, 0) is 9.53 Å². The van der Waals surface area contributed by atoms with E-state index in [2.05, 4.69) is 4.98 Å². The Morgan fingerprint density at radius 3 is 2.50 bits per heavy atom. The molecule has 3 aromatic rings. The molecular formula is C27H25FN2O4. The number of hydrogen-bond donors (Lipinski definition) is 0. The van der Waals surface area contributed by atoms with Crippen LogP contribution in [0.25, 0.3) is 11.3 Å². The number of rotatable bonds is 4. The van der Waals surface area contributed by atoms with Gasteiger partial charge in [0.1, 0.15) is 6.29 Å². The molecule has 1 saturated heterocycles. The molecule has 0 aliphatic carbocycles. The van der Waals surface area contributed by atoms with Crippen molar-refractivity contribution in [3.05, 3.63) is 77.1 Å². The number of ether oxygens (including phenoxy) is 2. The Labute approximate surface area is 197 Å². The largest absolute Gasteiger partial charge is 0.435 e. The van der Waals surface area contributed by atoms with Crippen LogP contribution in [-0.4, -0.2) is 48.4 Å². The lowest BCUT2D eigenvalue weighted by atomic mass is 9.71. The van der Waals surface area contributed by atoms with E-state index < -0.39 is 17.2 Å². The minimum Gasteiger partial charge on any atom is -0.435 e. The topological polar surface area (TPSA) is 68.7 Å². The number of pyridine rings is 1. The Morgan fingerprint density at radius 2 is 1.79 bits per heavy atom. The monoisotopic (exact) mass is 460 g/mol. The molecule has 2 aromatic carbocycles. The number of halogens is 1. The first kappa shape index (κ1) is 22.2. The molecule has 34 heavy (non-hydrogen) atoms. The van der Waals surface area contributed by atoms with E-state index in [4.69, 9.17) is 9.47 Å². The minimum atomic E-state index is -0.786. The molecule has 2 aliphatic heterocycles. The smallest absolute Gasteiger partial charge is 0.254 e. The van der Waals surface area contributed by atoms with E-state index in [1.807, 2.05) is 38.1 Å². The summed E-state index contributed by atoms with van der Waals surface area (Å²) in [5, 5.41) is 0. The van der Waals surface area contributed by atoms with Gasteiger partial charge in [-0.15, -0.1) is 0 Å². The van der Waals surface area contributed by atoms with Gasteiger partial charge < -0.3 is 19.2 Å². The molecule has 1 fully saturated rings. The Bertz CT molecular complexity index is 1250. The predicted octanol–water partition coefficient (Wildman–Crippen LogP) is 4.82. The molecule has 174 valence electrons. The van der Waals surface area contributed by atoms with Crippen molar-refractivity contribution in [2.75, 3.05) is 26.3 Å². The molecular weight excluding hydrogens is 435 g/mol. The van der Waals surface area contributed by atoms with Crippen molar-refractivity contribution in [3.8, 4) is 22.9 Å². The Morgan fingerprint density at radius 1 is 1.06 bits per heavy atom. The van der Waals surface area contributed by atoms with Gasteiger partial charge in [-0.2, -0.15) is 0 Å². The fourth-order valence-electron chi connectivity index (χ4n) is 4.64. The Kier molecular flexibility index (Phi) is 5.65. The second kappa shape index (κ2) is 8.65. The summed E-state index contributed by atoms with van der Waals surface area (Å²) in [6.45, 7) is 5.92. The predicted molar refractivity (Wildman–Crippen MR) is 125 cm³/mol. The number of carbonyl (C=O) groups is 2. The van der Waals surface area contributed by atoms with Gasteiger partial charge in [0, 0.05) is 46.7 Å². The highest BCUT2D eigenvalue weighted by Crippen LogP contribution is 2.51. The first-order chi connectivity index (χ1) is 16.4. The van der Waals surface area contributed by atoms with E-state index in [1.165, 1.54) is 6.07 Å². The number of aromatic nitrogens is 1. The van der Waals surface area contributed by atoms with Crippen LogP contribution in [0.4, 0.5) is 4.39 Å². The number of aldehydes is 1. The normalized spacial score (nSPS) is 17.4. The first-order valence-corrected chi connectivity index (χ1v) is 11.3. The Hall–Kier alpha value is -3.58. The molecule has 0 radical (unpaired) electrons. The van der Waals surface area contributed by atoms with Gasteiger partial charge in [-0.1, -0.05) is 44.2 Å². The van der Waals surface area contributed by atoms with Crippen LogP contribution >= 0.6 is 0 Å². The summed E-state index contributed by atoms with van der Waals surface area (Å²) in [6.07, 6.45) is 0.888. The van der Waals surface area contributed by atoms with Gasteiger partial charge in [-0.05, 0) is 24.3 Å². The maximum atomic E-state index is 14.6. The average molecular weight is 461 g/mol. The number of carbonyl (C=O) groups excluding carboxylic acids is 2. The molecule has 0 bridgehead atoms. The summed E-state index contributed by atoms with van der Waals surface area (Å²) < 4.78 is 25.9. The molecule has 7 heteroatoms. The fraction of sp³-hybridized carbons (Fsp3) is 0.296. The van der Waals surface area contributed by atoms with Gasteiger partial charge in [0.2, 0.25) is 5.88 Å². The summed E-state index contributed by atoms with van der Waals surface area (Å²) in [5.74, 6) is -0.528. The van der Waals surface area contributed by atoms with Crippen molar-refractivity contribution >= 4 is 12.2 Å². The van der Waals surface area contributed by atoms with Crippen molar-refractivity contribution in [2.24, 2.45) is 5.41 Å². The van der Waals surface area contributed by atoms with Crippen LogP contribution in [0.3, 0.4) is 0 Å². The third-order valence-electron chi connectivity index (χ3n) is 6.48. The van der Waals surface area contributed by atoms with Crippen molar-refractivity contribution in [2.45, 2.75) is 19.8 Å². The van der Waals surface area contributed by atoms with E-state index in [0.717, 1.165) is 17.4 Å². The number of hydrogen-bond acceptors (Lipinski definition) is 5. The van der Waals surface area contributed by atoms with E-state index in [9.17, 15) is 14.0 Å². The molecule has 3 heterocycles. The zero-order chi connectivity index (χ0) is 23.9. The second-order valence-electron chi connectivity index (χ2n) is 9.21. The van der Waals surface area contributed by atoms with Gasteiger partial charge in [-0.25, -0.2) is 9.37 Å². The highest BCUT2D eigenvalue weighted by atomic mass is 19.1. The summed E-state index contributed by atoms with van der Waals surface area (Å²) in [4.78, 5) is 31.1. The summed E-state index contributed by atoms with van der Waals surface area (Å²) >= 11 is 0. The third kappa shape index (κ3) is 3.86. The maximum Gasteiger partial charge on any atom is 0.254 e. The third-order valence-corrected chi connectivity index (χ3v) is 6.48. The first-order valence-electron chi connectivity index (χ1n) is 11.3. The summed E-state index contributed by atoms with van der Waals surface area (Å²) in [7, 11) is 0. The quantitative estimate of drug-likeness (QED) is 0.522. The lowest BCUT2D eigenvalue weighted by Crippen LogP contribution is -2.40. The highest BCUT2D eigenvalue weighted by Gasteiger charge is 2.40. The van der Waals surface area contributed by atoms with Crippen LogP contribution < -0.4 is 4.74 Å². The van der Waals surface area contributed by atoms with Crippen molar-refractivity contribution < 1.29 is 23.5 Å². The van der Waals surface area contributed by atoms with Crippen LogP contribution in [0, 0.1) is 11.2 Å². The SMILES string of the molecule is CC(C)(C=O)C1c2ccc(-c3ccc(C(=O)N4CCOCC4)cc3)nc2Oc2c(F)cccc21. The maximum absolute atomic E-state index is 14.6. The summed E-state index contributed by atoms with van der Waals surface area (Å²) in [6, 6.07) is 15.7. The van der Waals surface area contributed by atoms with E-state index in [0.29, 0.717) is 43.1 Å². The van der Waals surface area contributed by atoms with E-state index in [1.54, 1.807) is 29.2 Å². The highest BCUT2D eigenvalue weighted by molar-refractivity contribution is 5.94. The van der Waals surface area contributed by atoms with Crippen LogP contribution in [0.5, 0.6) is 11.6 Å². The zero-order valence-electron chi connectivity index (χ0n) is 19.1. The van der Waals surface area contributed by atoms with Gasteiger partial charge in [0.25, 0.3) is 5.91 Å². The summed E-state index contributed by atoms with van der Waals surface area (Å²) in [5.41, 5.74) is 2.61. The molecule has 1 aromatic heterocycles. The van der Waals surface area contributed by atoms with Crippen molar-refractivity contribution in [1.29, 1.82) is 0 Å². The number of nitrogens with zero attached hydrogens (tertiary/aromatic N) is 2. The van der Waals surface area contributed by atoms with Crippen LogP contribution in [0.2, 0.25) is 0 Å². The standard InChI is InChI=1S/C27H25FN2O4/c1-27(2,16-31)23-19-4-3-5-21(28)24(19)34-25-20(23)10-11-22(29-25)17-6-8-18(9-7-17)26(32)30-12-14-33-15-13-30/h3-11,16,23H,12-15H2,1-2H3. The molecule has 0 N–H and O–H groups in total. The fourth-order valence-corrected chi connectivity index (χ4v) is 4.64. The molecule has 1 unspecified atom stereocenters. The number of para-hydroxylation sites is 1. The molecule has 6 nitrogen and oxygen atoms in total. The number of fused-ring (bicyclic) bond motifs is 2. The van der Waals surface area contributed by atoms with Crippen molar-refractivity contribution in [1.82, 2.24) is 9.88 Å². The molecule has 1 atom stereocenters. The lowest BCUT2D eigenvalue weighted by Gasteiger charge is -2.35. The zero-order valence-corrected chi connectivity index (χ0v) is 19.1. The van der Waals surface area contributed by atoms with Gasteiger partial charge in [0.05, 0.1) is 18.9 Å². The Balaban J connectivity index is 1.49. The van der Waals surface area contributed by atoms with Gasteiger partial charge in [0.15, 0.2) is 11.6 Å². The van der Waals surface area contributed by atoms with Crippen LogP contribution in [0.15, 0.2) is 54.6 Å². The molecule has 0 saturated carbocycles. The van der Waals surface area contributed by atoms with E-state index in [-0.39, 0.29) is 17.5 Å². The molecule has 0 spiro atoms. The molecule has 2 aliphatic rings. The number of morpholine rings is 1.